The zero-order chi connectivity index (χ0) is 13.1. The number of aliphatic hydroxyl groups excluding tert-OH is 2. The van der Waals surface area contributed by atoms with Crippen LogP contribution in [0.2, 0.25) is 5.22 Å². The highest BCUT2D eigenvalue weighted by atomic mass is 35.5. The first kappa shape index (κ1) is 14.0. The van der Waals surface area contributed by atoms with E-state index in [2.05, 4.69) is 0 Å². The van der Waals surface area contributed by atoms with E-state index in [1.54, 1.807) is 14.0 Å². The lowest BCUT2D eigenvalue weighted by Crippen LogP contribution is -2.41. The molecule has 5 nitrogen and oxygen atoms in total. The average Bonchev–Trinajstić information content (AvgIpc) is 2.74. The van der Waals surface area contributed by atoms with Gasteiger partial charge in [-0.3, -0.25) is 4.79 Å². The van der Waals surface area contributed by atoms with Gasteiger partial charge >= 0.3 is 0 Å². The van der Waals surface area contributed by atoms with Crippen LogP contribution in [0.4, 0.5) is 0 Å². The van der Waals surface area contributed by atoms with Crippen LogP contribution in [0.15, 0.2) is 16.7 Å². The van der Waals surface area contributed by atoms with Gasteiger partial charge in [0, 0.05) is 19.0 Å². The minimum absolute atomic E-state index is 0.0385. The van der Waals surface area contributed by atoms with Gasteiger partial charge in [-0.25, -0.2) is 0 Å². The molecule has 0 fully saturated rings. The third-order valence-corrected chi connectivity index (χ3v) is 2.87. The third-order valence-electron chi connectivity index (χ3n) is 2.58. The topological polar surface area (TPSA) is 73.9 Å². The summed E-state index contributed by atoms with van der Waals surface area (Å²) in [6.07, 6.45) is 1.33. The Morgan fingerprint density at radius 2 is 2.12 bits per heavy atom. The van der Waals surface area contributed by atoms with E-state index in [4.69, 9.17) is 26.2 Å². The highest BCUT2D eigenvalue weighted by Gasteiger charge is 2.28. The number of amides is 1. The van der Waals surface area contributed by atoms with Crippen molar-refractivity contribution >= 4 is 17.5 Å². The Morgan fingerprint density at radius 1 is 1.53 bits per heavy atom. The molecule has 1 rings (SSSR count). The molecule has 0 aliphatic heterocycles. The van der Waals surface area contributed by atoms with E-state index in [9.17, 15) is 4.79 Å². The lowest BCUT2D eigenvalue weighted by Gasteiger charge is -2.30. The summed E-state index contributed by atoms with van der Waals surface area (Å²) < 4.78 is 4.84. The molecule has 0 aromatic carbocycles. The normalized spacial score (nSPS) is 11.6. The Balaban J connectivity index is 2.75. The van der Waals surface area contributed by atoms with Crippen LogP contribution < -0.4 is 0 Å². The average molecular weight is 262 g/mol. The zero-order valence-electron chi connectivity index (χ0n) is 9.81. The molecule has 0 bridgehead atoms. The first-order chi connectivity index (χ1) is 7.93. The standard InChI is InChI=1S/C11H16ClNO4/c1-11(6-14,7-15)5-13(2)10(16)8-3-4-17-9(8)12/h3-4,14-15H,5-7H2,1-2H3. The quantitative estimate of drug-likeness (QED) is 0.829. The second-order valence-corrected chi connectivity index (χ2v) is 4.74. The van der Waals surface area contributed by atoms with Crippen LogP contribution in [0.5, 0.6) is 0 Å². The maximum atomic E-state index is 12.0. The van der Waals surface area contributed by atoms with Gasteiger partial charge in [-0.15, -0.1) is 0 Å². The maximum absolute atomic E-state index is 12.0. The molecule has 0 atom stereocenters. The smallest absolute Gasteiger partial charge is 0.258 e. The predicted octanol–water partition coefficient (Wildman–Crippen LogP) is 0.996. The van der Waals surface area contributed by atoms with Crippen LogP contribution in [-0.4, -0.2) is 47.8 Å². The Labute approximate surface area is 105 Å². The third kappa shape index (κ3) is 3.21. The van der Waals surface area contributed by atoms with Crippen molar-refractivity contribution in [1.29, 1.82) is 0 Å². The van der Waals surface area contributed by atoms with Gasteiger partial charge in [0.05, 0.1) is 25.0 Å². The van der Waals surface area contributed by atoms with Crippen molar-refractivity contribution < 1.29 is 19.4 Å². The van der Waals surface area contributed by atoms with Gasteiger partial charge in [0.2, 0.25) is 5.22 Å². The molecule has 96 valence electrons. The van der Waals surface area contributed by atoms with Gasteiger partial charge in [-0.1, -0.05) is 6.92 Å². The largest absolute Gasteiger partial charge is 0.452 e. The van der Waals surface area contributed by atoms with E-state index in [-0.39, 0.29) is 36.4 Å². The van der Waals surface area contributed by atoms with Gasteiger partial charge in [-0.2, -0.15) is 0 Å². The van der Waals surface area contributed by atoms with Crippen LogP contribution in [0.1, 0.15) is 17.3 Å². The zero-order valence-corrected chi connectivity index (χ0v) is 10.6. The van der Waals surface area contributed by atoms with Crippen molar-refractivity contribution in [3.63, 3.8) is 0 Å². The molecule has 0 saturated heterocycles. The first-order valence-electron chi connectivity index (χ1n) is 5.14. The fraction of sp³-hybridized carbons (Fsp3) is 0.545. The fourth-order valence-electron chi connectivity index (χ4n) is 1.45. The number of rotatable bonds is 5. The second-order valence-electron chi connectivity index (χ2n) is 4.40. The van der Waals surface area contributed by atoms with Gasteiger partial charge in [0.25, 0.3) is 5.91 Å². The van der Waals surface area contributed by atoms with Crippen molar-refractivity contribution in [3.8, 4) is 0 Å². The van der Waals surface area contributed by atoms with Crippen molar-refractivity contribution in [2.45, 2.75) is 6.92 Å². The molecule has 1 aromatic rings. The van der Waals surface area contributed by atoms with Gasteiger partial charge in [0.15, 0.2) is 0 Å². The molecule has 0 aliphatic rings. The molecule has 0 radical (unpaired) electrons. The van der Waals surface area contributed by atoms with Crippen molar-refractivity contribution in [1.82, 2.24) is 4.90 Å². The Bertz CT molecular complexity index is 387. The Hall–Kier alpha value is -1.04. The molecule has 1 heterocycles. The summed E-state index contributed by atoms with van der Waals surface area (Å²) in [5, 5.41) is 18.4. The molecular formula is C11H16ClNO4. The number of hydrogen-bond donors (Lipinski definition) is 2. The molecule has 0 unspecified atom stereocenters. The molecule has 0 spiro atoms. The van der Waals surface area contributed by atoms with Gasteiger partial charge in [-0.05, 0) is 17.7 Å². The highest BCUT2D eigenvalue weighted by Crippen LogP contribution is 2.21. The molecule has 6 heteroatoms. The number of carbonyl (C=O) groups excluding carboxylic acids is 1. The van der Waals surface area contributed by atoms with Crippen LogP contribution >= 0.6 is 11.6 Å². The molecule has 0 aliphatic carbocycles. The van der Waals surface area contributed by atoms with Crippen LogP contribution in [0.25, 0.3) is 0 Å². The Kier molecular flexibility index (Phi) is 4.56. The number of hydrogen-bond acceptors (Lipinski definition) is 4. The van der Waals surface area contributed by atoms with E-state index in [1.165, 1.54) is 17.2 Å². The number of furan rings is 1. The lowest BCUT2D eigenvalue weighted by atomic mass is 9.92. The first-order valence-corrected chi connectivity index (χ1v) is 5.51. The monoisotopic (exact) mass is 261 g/mol. The van der Waals surface area contributed by atoms with E-state index in [0.29, 0.717) is 0 Å². The van der Waals surface area contributed by atoms with Crippen LogP contribution in [-0.2, 0) is 0 Å². The number of carbonyl (C=O) groups is 1. The minimum Gasteiger partial charge on any atom is -0.452 e. The number of halogens is 1. The minimum atomic E-state index is -0.735. The number of aliphatic hydroxyl groups is 2. The van der Waals surface area contributed by atoms with E-state index in [0.717, 1.165) is 0 Å². The molecule has 17 heavy (non-hydrogen) atoms. The summed E-state index contributed by atoms with van der Waals surface area (Å²) in [6, 6.07) is 1.48. The fourth-order valence-corrected chi connectivity index (χ4v) is 1.64. The lowest BCUT2D eigenvalue weighted by molar-refractivity contribution is 0.0366. The molecule has 1 amide bonds. The highest BCUT2D eigenvalue weighted by molar-refractivity contribution is 6.32. The van der Waals surface area contributed by atoms with E-state index < -0.39 is 5.41 Å². The molecular weight excluding hydrogens is 246 g/mol. The van der Waals surface area contributed by atoms with E-state index >= 15 is 0 Å². The summed E-state index contributed by atoms with van der Waals surface area (Å²) >= 11 is 5.70. The predicted molar refractivity (Wildman–Crippen MR) is 63.0 cm³/mol. The molecule has 0 saturated carbocycles. The van der Waals surface area contributed by atoms with Crippen molar-refractivity contribution in [3.05, 3.63) is 23.1 Å². The van der Waals surface area contributed by atoms with Crippen molar-refractivity contribution in [2.24, 2.45) is 5.41 Å². The summed E-state index contributed by atoms with van der Waals surface area (Å²) in [7, 11) is 1.58. The summed E-state index contributed by atoms with van der Waals surface area (Å²) in [5.74, 6) is -0.308. The molecule has 1 aromatic heterocycles. The maximum Gasteiger partial charge on any atom is 0.258 e. The second kappa shape index (κ2) is 5.53. The summed E-state index contributed by atoms with van der Waals surface area (Å²) in [6.45, 7) is 1.49. The Morgan fingerprint density at radius 3 is 2.53 bits per heavy atom. The van der Waals surface area contributed by atoms with Crippen molar-refractivity contribution in [2.75, 3.05) is 26.8 Å². The van der Waals surface area contributed by atoms with Crippen LogP contribution in [0.3, 0.4) is 0 Å². The van der Waals surface area contributed by atoms with Crippen LogP contribution in [0, 0.1) is 5.41 Å². The van der Waals surface area contributed by atoms with Gasteiger partial charge < -0.3 is 19.5 Å². The molecule has 2 N–H and O–H groups in total. The SMILES string of the molecule is CN(CC(C)(CO)CO)C(=O)c1ccoc1Cl. The summed E-state index contributed by atoms with van der Waals surface area (Å²) in [4.78, 5) is 13.3. The van der Waals surface area contributed by atoms with E-state index in [1.807, 2.05) is 0 Å². The summed E-state index contributed by atoms with van der Waals surface area (Å²) in [5.41, 5.74) is -0.465. The van der Waals surface area contributed by atoms with Gasteiger partial charge in [0.1, 0.15) is 0 Å². The number of nitrogens with zero attached hydrogens (tertiary/aromatic N) is 1.